The average molecular weight is 429 g/mol. The number of halogens is 1. The number of likely N-dealkylation sites (tertiary alicyclic amines) is 1. The second-order valence-electron chi connectivity index (χ2n) is 7.43. The van der Waals surface area contributed by atoms with E-state index in [-0.39, 0.29) is 11.3 Å². The standard InChI is InChI=1S/C23H25ClN2O4/c1-25(2)12-5-13-26-20(16-6-4-7-18(14-16)30-3)19(22(28)23(26)29)21(27)15-8-10-17(24)11-9-15/h4,6-11,14,20,27H,5,12-13H2,1-3H3/b21-19+/t20-/m0/s1. The van der Waals surface area contributed by atoms with Crippen molar-refractivity contribution < 1.29 is 19.4 Å². The number of amides is 1. The SMILES string of the molecule is COc1cccc([C@H]2/C(=C(\O)c3ccc(Cl)cc3)C(=O)C(=O)N2CCCN(C)C)c1. The molecule has 0 spiro atoms. The highest BCUT2D eigenvalue weighted by molar-refractivity contribution is 6.46. The van der Waals surface area contributed by atoms with Crippen LogP contribution in [0, 0.1) is 0 Å². The highest BCUT2D eigenvalue weighted by atomic mass is 35.5. The van der Waals surface area contributed by atoms with Gasteiger partial charge in [0.05, 0.1) is 18.7 Å². The molecule has 1 aliphatic rings. The van der Waals surface area contributed by atoms with Crippen molar-refractivity contribution in [1.82, 2.24) is 9.80 Å². The summed E-state index contributed by atoms with van der Waals surface area (Å²) < 4.78 is 5.32. The van der Waals surface area contributed by atoms with E-state index in [4.69, 9.17) is 16.3 Å². The molecule has 30 heavy (non-hydrogen) atoms. The molecule has 158 valence electrons. The zero-order valence-corrected chi connectivity index (χ0v) is 18.0. The van der Waals surface area contributed by atoms with Gasteiger partial charge in [-0.1, -0.05) is 23.7 Å². The van der Waals surface area contributed by atoms with Crippen molar-refractivity contribution in [2.24, 2.45) is 0 Å². The van der Waals surface area contributed by atoms with Crippen LogP contribution in [0.3, 0.4) is 0 Å². The first-order chi connectivity index (χ1) is 14.3. The van der Waals surface area contributed by atoms with E-state index < -0.39 is 17.7 Å². The van der Waals surface area contributed by atoms with E-state index in [2.05, 4.69) is 0 Å². The minimum Gasteiger partial charge on any atom is -0.507 e. The van der Waals surface area contributed by atoms with Gasteiger partial charge in [-0.25, -0.2) is 0 Å². The minimum atomic E-state index is -0.696. The fraction of sp³-hybridized carbons (Fsp3) is 0.304. The summed E-state index contributed by atoms with van der Waals surface area (Å²) in [7, 11) is 5.46. The van der Waals surface area contributed by atoms with Crippen LogP contribution in [0.2, 0.25) is 5.02 Å². The number of hydrogen-bond donors (Lipinski definition) is 1. The largest absolute Gasteiger partial charge is 0.507 e. The quantitative estimate of drug-likeness (QED) is 0.413. The molecule has 1 saturated heterocycles. The number of carbonyl (C=O) groups is 2. The first-order valence-corrected chi connectivity index (χ1v) is 10.0. The van der Waals surface area contributed by atoms with E-state index in [1.807, 2.05) is 25.1 Å². The molecule has 0 bridgehead atoms. The molecule has 0 radical (unpaired) electrons. The second-order valence-corrected chi connectivity index (χ2v) is 7.87. The van der Waals surface area contributed by atoms with Gasteiger partial charge in [0.1, 0.15) is 11.5 Å². The zero-order chi connectivity index (χ0) is 21.8. The first-order valence-electron chi connectivity index (χ1n) is 9.66. The second kappa shape index (κ2) is 9.32. The Labute approximate surface area is 181 Å². The highest BCUT2D eigenvalue weighted by Crippen LogP contribution is 2.40. The fourth-order valence-corrected chi connectivity index (χ4v) is 3.72. The number of aliphatic hydroxyl groups is 1. The van der Waals surface area contributed by atoms with Crippen LogP contribution in [0.15, 0.2) is 54.1 Å². The summed E-state index contributed by atoms with van der Waals surface area (Å²) in [5.41, 5.74) is 1.20. The molecule has 0 aliphatic carbocycles. The first kappa shape index (κ1) is 21.9. The van der Waals surface area contributed by atoms with Crippen LogP contribution in [0.5, 0.6) is 5.75 Å². The van der Waals surface area contributed by atoms with Crippen LogP contribution in [0.25, 0.3) is 5.76 Å². The monoisotopic (exact) mass is 428 g/mol. The van der Waals surface area contributed by atoms with Crippen LogP contribution in [0.4, 0.5) is 0 Å². The molecule has 0 saturated carbocycles. The van der Waals surface area contributed by atoms with Crippen molar-refractivity contribution in [3.63, 3.8) is 0 Å². The van der Waals surface area contributed by atoms with Crippen molar-refractivity contribution in [3.8, 4) is 5.75 Å². The van der Waals surface area contributed by atoms with Gasteiger partial charge in [-0.15, -0.1) is 0 Å². The lowest BCUT2D eigenvalue weighted by Crippen LogP contribution is -2.32. The highest BCUT2D eigenvalue weighted by Gasteiger charge is 2.45. The number of hydrogen-bond acceptors (Lipinski definition) is 5. The van der Waals surface area contributed by atoms with Gasteiger partial charge in [-0.2, -0.15) is 0 Å². The van der Waals surface area contributed by atoms with E-state index in [0.29, 0.717) is 34.9 Å². The number of nitrogens with zero attached hydrogens (tertiary/aromatic N) is 2. The van der Waals surface area contributed by atoms with Gasteiger partial charge in [0, 0.05) is 17.1 Å². The van der Waals surface area contributed by atoms with Gasteiger partial charge in [-0.05, 0) is 69.0 Å². The predicted molar refractivity (Wildman–Crippen MR) is 117 cm³/mol. The number of Topliss-reactive ketones (excluding diaryl/α,β-unsaturated/α-hetero) is 1. The molecule has 1 fully saturated rings. The van der Waals surface area contributed by atoms with Crippen LogP contribution in [-0.2, 0) is 9.59 Å². The molecule has 0 unspecified atom stereocenters. The van der Waals surface area contributed by atoms with Gasteiger partial charge >= 0.3 is 0 Å². The third-order valence-corrected chi connectivity index (χ3v) is 5.32. The van der Waals surface area contributed by atoms with Gasteiger partial charge in [0.2, 0.25) is 0 Å². The maximum Gasteiger partial charge on any atom is 0.295 e. The molecule has 2 aromatic carbocycles. The summed E-state index contributed by atoms with van der Waals surface area (Å²) in [5, 5.41) is 11.5. The summed E-state index contributed by atoms with van der Waals surface area (Å²) in [6.07, 6.45) is 0.696. The molecule has 1 heterocycles. The number of ketones is 1. The smallest absolute Gasteiger partial charge is 0.295 e. The van der Waals surface area contributed by atoms with Crippen molar-refractivity contribution in [2.75, 3.05) is 34.3 Å². The Morgan fingerprint density at radius 1 is 1.17 bits per heavy atom. The molecular weight excluding hydrogens is 404 g/mol. The van der Waals surface area contributed by atoms with Crippen molar-refractivity contribution in [3.05, 3.63) is 70.3 Å². The number of ether oxygens (including phenoxy) is 1. The lowest BCUT2D eigenvalue weighted by Gasteiger charge is -2.26. The Balaban J connectivity index is 2.10. The number of aliphatic hydroxyl groups excluding tert-OH is 1. The molecule has 3 rings (SSSR count). The topological polar surface area (TPSA) is 70.1 Å². The summed E-state index contributed by atoms with van der Waals surface area (Å²) in [4.78, 5) is 29.4. The number of carbonyl (C=O) groups excluding carboxylic acids is 2. The van der Waals surface area contributed by atoms with E-state index >= 15 is 0 Å². The molecule has 6 nitrogen and oxygen atoms in total. The Morgan fingerprint density at radius 3 is 2.50 bits per heavy atom. The number of rotatable bonds is 7. The maximum absolute atomic E-state index is 13.0. The van der Waals surface area contributed by atoms with E-state index in [0.717, 1.165) is 6.54 Å². The molecule has 0 aromatic heterocycles. The van der Waals surface area contributed by atoms with E-state index in [1.54, 1.807) is 49.6 Å². The average Bonchev–Trinajstić information content (AvgIpc) is 2.98. The van der Waals surface area contributed by atoms with Crippen molar-refractivity contribution >= 4 is 29.1 Å². The molecule has 1 aliphatic heterocycles. The number of methoxy groups -OCH3 is 1. The molecule has 2 aromatic rings. The minimum absolute atomic E-state index is 0.0698. The van der Waals surface area contributed by atoms with Gasteiger partial charge in [0.15, 0.2) is 0 Å². The van der Waals surface area contributed by atoms with Gasteiger partial charge in [0.25, 0.3) is 11.7 Å². The fourth-order valence-electron chi connectivity index (χ4n) is 3.59. The van der Waals surface area contributed by atoms with Crippen LogP contribution in [-0.4, -0.2) is 60.9 Å². The molecule has 1 atom stereocenters. The van der Waals surface area contributed by atoms with Gasteiger partial charge in [-0.3, -0.25) is 9.59 Å². The third-order valence-electron chi connectivity index (χ3n) is 5.07. The predicted octanol–water partition coefficient (Wildman–Crippen LogP) is 3.72. The lowest BCUT2D eigenvalue weighted by molar-refractivity contribution is -0.139. The number of benzene rings is 2. The summed E-state index contributed by atoms with van der Waals surface area (Å²) in [6.45, 7) is 1.16. The van der Waals surface area contributed by atoms with Crippen molar-refractivity contribution in [2.45, 2.75) is 12.5 Å². The maximum atomic E-state index is 13.0. The summed E-state index contributed by atoms with van der Waals surface area (Å²) >= 11 is 5.95. The molecule has 1 amide bonds. The van der Waals surface area contributed by atoms with Crippen LogP contribution in [0.1, 0.15) is 23.6 Å². The van der Waals surface area contributed by atoms with Crippen molar-refractivity contribution in [1.29, 1.82) is 0 Å². The summed E-state index contributed by atoms with van der Waals surface area (Å²) in [5.74, 6) is -0.914. The van der Waals surface area contributed by atoms with E-state index in [1.165, 1.54) is 4.90 Å². The Kier molecular flexibility index (Phi) is 6.80. The zero-order valence-electron chi connectivity index (χ0n) is 17.3. The Morgan fingerprint density at radius 2 is 1.87 bits per heavy atom. The van der Waals surface area contributed by atoms with Crippen LogP contribution < -0.4 is 4.74 Å². The Hall–Kier alpha value is -2.83. The van der Waals surface area contributed by atoms with Crippen LogP contribution >= 0.6 is 11.6 Å². The molecular formula is C23H25ClN2O4. The van der Waals surface area contributed by atoms with Gasteiger partial charge < -0.3 is 19.6 Å². The molecule has 7 heteroatoms. The third kappa shape index (κ3) is 4.50. The Bertz CT molecular complexity index is 969. The normalized spacial score (nSPS) is 18.3. The summed E-state index contributed by atoms with van der Waals surface area (Å²) in [6, 6.07) is 13.0. The lowest BCUT2D eigenvalue weighted by atomic mass is 9.95. The van der Waals surface area contributed by atoms with E-state index in [9.17, 15) is 14.7 Å². The molecule has 1 N–H and O–H groups in total.